The topological polar surface area (TPSA) is 18.5 Å². The minimum atomic E-state index is -0.172. The van der Waals surface area contributed by atoms with Crippen molar-refractivity contribution in [3.63, 3.8) is 0 Å². The summed E-state index contributed by atoms with van der Waals surface area (Å²) in [5.74, 6) is 0. The standard InChI is InChI=1S/C10H20FN3/c11-2-1-5-13-8-10(9-13)14-6-3-12-4-7-14/h10,12H,1-9H2. The van der Waals surface area contributed by atoms with Gasteiger partial charge in [0.15, 0.2) is 0 Å². The maximum absolute atomic E-state index is 11.9. The highest BCUT2D eigenvalue weighted by atomic mass is 19.1. The molecule has 0 unspecified atom stereocenters. The van der Waals surface area contributed by atoms with Crippen LogP contribution in [-0.2, 0) is 0 Å². The Labute approximate surface area is 85.2 Å². The van der Waals surface area contributed by atoms with E-state index in [1.807, 2.05) is 0 Å². The number of hydrogen-bond donors (Lipinski definition) is 1. The Morgan fingerprint density at radius 1 is 1.21 bits per heavy atom. The maximum Gasteiger partial charge on any atom is 0.0906 e. The summed E-state index contributed by atoms with van der Waals surface area (Å²) in [6.07, 6.45) is 0.703. The van der Waals surface area contributed by atoms with Gasteiger partial charge in [0.25, 0.3) is 0 Å². The summed E-state index contributed by atoms with van der Waals surface area (Å²) in [4.78, 5) is 4.91. The number of likely N-dealkylation sites (tertiary alicyclic amines) is 1. The number of rotatable bonds is 4. The molecule has 2 aliphatic heterocycles. The molecule has 0 atom stereocenters. The van der Waals surface area contributed by atoms with Gasteiger partial charge in [-0.25, -0.2) is 0 Å². The van der Waals surface area contributed by atoms with Crippen molar-refractivity contribution in [3.8, 4) is 0 Å². The first-order valence-electron chi connectivity index (χ1n) is 5.63. The van der Waals surface area contributed by atoms with Gasteiger partial charge in [0, 0.05) is 51.9 Å². The highest BCUT2D eigenvalue weighted by Gasteiger charge is 2.31. The van der Waals surface area contributed by atoms with Crippen molar-refractivity contribution in [2.24, 2.45) is 0 Å². The molecule has 0 amide bonds. The Balaban J connectivity index is 1.61. The number of halogens is 1. The molecule has 2 saturated heterocycles. The Kier molecular flexibility index (Phi) is 3.73. The van der Waals surface area contributed by atoms with Crippen molar-refractivity contribution >= 4 is 0 Å². The van der Waals surface area contributed by atoms with E-state index in [1.165, 1.54) is 13.1 Å². The SMILES string of the molecule is FCCCN1CC(N2CCNCC2)C1. The third-order valence-electron chi connectivity index (χ3n) is 3.21. The van der Waals surface area contributed by atoms with Gasteiger partial charge >= 0.3 is 0 Å². The molecule has 4 heteroatoms. The molecule has 0 aromatic rings. The van der Waals surface area contributed by atoms with Gasteiger partial charge in [0.05, 0.1) is 6.67 Å². The van der Waals surface area contributed by atoms with Crippen LogP contribution in [0.15, 0.2) is 0 Å². The first-order chi connectivity index (χ1) is 6.90. The first-order valence-corrected chi connectivity index (χ1v) is 5.63. The van der Waals surface area contributed by atoms with Crippen LogP contribution in [0.4, 0.5) is 4.39 Å². The van der Waals surface area contributed by atoms with Crippen LogP contribution in [0, 0.1) is 0 Å². The summed E-state index contributed by atoms with van der Waals surface area (Å²) >= 11 is 0. The average Bonchev–Trinajstić information content (AvgIpc) is 2.17. The largest absolute Gasteiger partial charge is 0.314 e. The van der Waals surface area contributed by atoms with Crippen LogP contribution in [0.5, 0.6) is 0 Å². The van der Waals surface area contributed by atoms with Crippen molar-refractivity contribution < 1.29 is 4.39 Å². The fourth-order valence-electron chi connectivity index (χ4n) is 2.29. The van der Waals surface area contributed by atoms with Gasteiger partial charge in [-0.1, -0.05) is 0 Å². The third kappa shape index (κ3) is 2.43. The molecular formula is C10H20FN3. The molecule has 14 heavy (non-hydrogen) atoms. The van der Waals surface area contributed by atoms with Gasteiger partial charge in [-0.2, -0.15) is 0 Å². The van der Waals surface area contributed by atoms with Crippen molar-refractivity contribution in [2.75, 3.05) is 52.5 Å². The van der Waals surface area contributed by atoms with Crippen molar-refractivity contribution in [2.45, 2.75) is 12.5 Å². The molecule has 2 rings (SSSR count). The van der Waals surface area contributed by atoms with Gasteiger partial charge in [0.2, 0.25) is 0 Å². The Morgan fingerprint density at radius 3 is 2.57 bits per heavy atom. The molecule has 0 aromatic carbocycles. The smallest absolute Gasteiger partial charge is 0.0906 e. The Hall–Kier alpha value is -0.190. The zero-order chi connectivity index (χ0) is 9.80. The van der Waals surface area contributed by atoms with E-state index in [9.17, 15) is 4.39 Å². The Morgan fingerprint density at radius 2 is 1.93 bits per heavy atom. The summed E-state index contributed by atoms with van der Waals surface area (Å²) in [6, 6.07) is 0.747. The quantitative estimate of drug-likeness (QED) is 0.687. The van der Waals surface area contributed by atoms with E-state index >= 15 is 0 Å². The van der Waals surface area contributed by atoms with E-state index in [0.717, 1.165) is 38.8 Å². The summed E-state index contributed by atoms with van der Waals surface area (Å²) in [7, 11) is 0. The van der Waals surface area contributed by atoms with E-state index in [2.05, 4.69) is 15.1 Å². The van der Waals surface area contributed by atoms with Crippen molar-refractivity contribution in [1.29, 1.82) is 0 Å². The van der Waals surface area contributed by atoms with E-state index in [0.29, 0.717) is 6.42 Å². The van der Waals surface area contributed by atoms with Gasteiger partial charge in [-0.05, 0) is 6.42 Å². The number of hydrogen-bond acceptors (Lipinski definition) is 3. The lowest BCUT2D eigenvalue weighted by Gasteiger charge is -2.46. The van der Waals surface area contributed by atoms with Gasteiger partial charge in [-0.15, -0.1) is 0 Å². The summed E-state index contributed by atoms with van der Waals surface area (Å²) in [6.45, 7) is 7.69. The van der Waals surface area contributed by atoms with Gasteiger partial charge in [0.1, 0.15) is 0 Å². The van der Waals surface area contributed by atoms with E-state index < -0.39 is 0 Å². The minimum absolute atomic E-state index is 0.172. The number of alkyl halides is 1. The van der Waals surface area contributed by atoms with E-state index in [-0.39, 0.29) is 6.67 Å². The fraction of sp³-hybridized carbons (Fsp3) is 1.00. The predicted octanol–water partition coefficient (Wildman–Crippen LogP) is -0.0646. The monoisotopic (exact) mass is 201 g/mol. The molecule has 0 saturated carbocycles. The van der Waals surface area contributed by atoms with Crippen LogP contribution in [0.25, 0.3) is 0 Å². The number of nitrogens with one attached hydrogen (secondary N) is 1. The summed E-state index contributed by atoms with van der Waals surface area (Å²) in [5, 5.41) is 3.36. The van der Waals surface area contributed by atoms with Crippen molar-refractivity contribution in [3.05, 3.63) is 0 Å². The lowest BCUT2D eigenvalue weighted by atomic mass is 10.1. The third-order valence-corrected chi connectivity index (χ3v) is 3.21. The van der Waals surface area contributed by atoms with Crippen LogP contribution >= 0.6 is 0 Å². The van der Waals surface area contributed by atoms with Crippen LogP contribution in [0.2, 0.25) is 0 Å². The van der Waals surface area contributed by atoms with E-state index in [4.69, 9.17) is 0 Å². The molecule has 82 valence electrons. The fourth-order valence-corrected chi connectivity index (χ4v) is 2.29. The summed E-state index contributed by atoms with van der Waals surface area (Å²) < 4.78 is 11.9. The molecule has 3 nitrogen and oxygen atoms in total. The van der Waals surface area contributed by atoms with Crippen molar-refractivity contribution in [1.82, 2.24) is 15.1 Å². The van der Waals surface area contributed by atoms with E-state index in [1.54, 1.807) is 0 Å². The molecule has 0 aromatic heterocycles. The van der Waals surface area contributed by atoms with Crippen LogP contribution < -0.4 is 5.32 Å². The van der Waals surface area contributed by atoms with Crippen LogP contribution in [0.3, 0.4) is 0 Å². The second-order valence-corrected chi connectivity index (χ2v) is 4.24. The molecule has 0 radical (unpaired) electrons. The second-order valence-electron chi connectivity index (χ2n) is 4.24. The molecule has 1 N–H and O–H groups in total. The molecule has 2 heterocycles. The van der Waals surface area contributed by atoms with Crippen LogP contribution in [-0.4, -0.2) is 68.3 Å². The maximum atomic E-state index is 11.9. The second kappa shape index (κ2) is 5.05. The number of piperazine rings is 1. The number of nitrogens with zero attached hydrogens (tertiary/aromatic N) is 2. The van der Waals surface area contributed by atoms with Gasteiger partial charge in [-0.3, -0.25) is 9.29 Å². The summed E-state index contributed by atoms with van der Waals surface area (Å²) in [5.41, 5.74) is 0. The zero-order valence-electron chi connectivity index (χ0n) is 8.71. The Bertz CT molecular complexity index is 165. The molecule has 0 bridgehead atoms. The lowest BCUT2D eigenvalue weighted by Crippen LogP contribution is -2.62. The lowest BCUT2D eigenvalue weighted by molar-refractivity contribution is 0.0258. The van der Waals surface area contributed by atoms with Crippen LogP contribution in [0.1, 0.15) is 6.42 Å². The molecule has 2 fully saturated rings. The zero-order valence-corrected chi connectivity index (χ0v) is 8.71. The first kappa shape index (κ1) is 10.3. The average molecular weight is 201 g/mol. The van der Waals surface area contributed by atoms with Gasteiger partial charge < -0.3 is 10.2 Å². The highest BCUT2D eigenvalue weighted by Crippen LogP contribution is 2.15. The highest BCUT2D eigenvalue weighted by molar-refractivity contribution is 4.89. The minimum Gasteiger partial charge on any atom is -0.314 e. The predicted molar refractivity (Wildman–Crippen MR) is 55.3 cm³/mol. The normalized spacial score (nSPS) is 26.4. The molecule has 0 aliphatic carbocycles. The molecular weight excluding hydrogens is 181 g/mol. The molecule has 2 aliphatic rings. The molecule has 0 spiro atoms.